The van der Waals surface area contributed by atoms with Crippen LogP contribution < -0.4 is 10.6 Å². The zero-order valence-electron chi connectivity index (χ0n) is 12.8. The van der Waals surface area contributed by atoms with Crippen molar-refractivity contribution in [1.29, 1.82) is 0 Å². The Balaban J connectivity index is 1.96. The number of rotatable bonds is 6. The second-order valence-electron chi connectivity index (χ2n) is 4.55. The number of thiazole rings is 1. The van der Waals surface area contributed by atoms with Gasteiger partial charge in [-0.15, -0.1) is 11.3 Å². The number of aliphatic imine (C=N–C) groups is 1. The van der Waals surface area contributed by atoms with Crippen LogP contribution in [0, 0.1) is 5.82 Å². The Labute approximate surface area is 133 Å². The number of guanidine groups is 1. The zero-order valence-corrected chi connectivity index (χ0v) is 13.6. The van der Waals surface area contributed by atoms with Crippen LogP contribution in [0.5, 0.6) is 0 Å². The van der Waals surface area contributed by atoms with Gasteiger partial charge in [-0.2, -0.15) is 0 Å². The molecule has 5 nitrogen and oxygen atoms in total. The van der Waals surface area contributed by atoms with Crippen LogP contribution >= 0.6 is 11.3 Å². The average Bonchev–Trinajstić information content (AvgIpc) is 2.99. The lowest BCUT2D eigenvalue weighted by atomic mass is 10.3. The SMILES string of the molecule is CCNC(=NCc1ncccc1F)NCc1ncc(CC)s1. The Hall–Kier alpha value is -2.02. The Bertz CT molecular complexity index is 626. The summed E-state index contributed by atoms with van der Waals surface area (Å²) in [6, 6.07) is 2.96. The van der Waals surface area contributed by atoms with Crippen molar-refractivity contribution in [3.05, 3.63) is 45.9 Å². The number of hydrogen-bond donors (Lipinski definition) is 2. The molecule has 0 aromatic carbocycles. The van der Waals surface area contributed by atoms with E-state index in [4.69, 9.17) is 0 Å². The molecule has 0 radical (unpaired) electrons. The Kier molecular flexibility index (Phi) is 6.27. The third kappa shape index (κ3) is 4.77. The molecule has 0 fully saturated rings. The first-order valence-electron chi connectivity index (χ1n) is 7.28. The lowest BCUT2D eigenvalue weighted by molar-refractivity contribution is 0.599. The van der Waals surface area contributed by atoms with Gasteiger partial charge in [-0.1, -0.05) is 6.92 Å². The van der Waals surface area contributed by atoms with Crippen LogP contribution in [0.2, 0.25) is 0 Å². The van der Waals surface area contributed by atoms with E-state index >= 15 is 0 Å². The highest BCUT2D eigenvalue weighted by atomic mass is 32.1. The average molecular weight is 321 g/mol. The van der Waals surface area contributed by atoms with Crippen LogP contribution in [0.25, 0.3) is 0 Å². The molecule has 0 unspecified atom stereocenters. The maximum Gasteiger partial charge on any atom is 0.191 e. The molecule has 7 heteroatoms. The number of aryl methyl sites for hydroxylation is 1. The third-order valence-corrected chi connectivity index (χ3v) is 4.06. The van der Waals surface area contributed by atoms with Crippen LogP contribution in [-0.4, -0.2) is 22.5 Å². The maximum absolute atomic E-state index is 13.5. The number of nitrogens with zero attached hydrogens (tertiary/aromatic N) is 3. The lowest BCUT2D eigenvalue weighted by Gasteiger charge is -2.10. The van der Waals surface area contributed by atoms with E-state index < -0.39 is 0 Å². The molecule has 2 aromatic rings. The summed E-state index contributed by atoms with van der Waals surface area (Å²) >= 11 is 1.68. The van der Waals surface area contributed by atoms with Gasteiger partial charge in [0.05, 0.1) is 18.8 Å². The minimum Gasteiger partial charge on any atom is -0.357 e. The fourth-order valence-electron chi connectivity index (χ4n) is 1.78. The molecule has 2 aromatic heterocycles. The normalized spacial score (nSPS) is 11.5. The number of nitrogens with one attached hydrogen (secondary N) is 2. The zero-order chi connectivity index (χ0) is 15.8. The minimum absolute atomic E-state index is 0.195. The molecule has 0 bridgehead atoms. The summed E-state index contributed by atoms with van der Waals surface area (Å²) in [4.78, 5) is 14.0. The quantitative estimate of drug-likeness (QED) is 0.634. The standard InChI is InChI=1S/C15H20FN5S/c1-3-11-8-19-14(22-11)10-21-15(17-4-2)20-9-13-12(16)6-5-7-18-13/h5-8H,3-4,9-10H2,1-2H3,(H2,17,20,21). The molecular formula is C15H20FN5S. The smallest absolute Gasteiger partial charge is 0.191 e. The van der Waals surface area contributed by atoms with Crippen LogP contribution in [0.4, 0.5) is 4.39 Å². The first kappa shape index (κ1) is 16.4. The second kappa shape index (κ2) is 8.43. The Morgan fingerprint density at radius 2 is 2.18 bits per heavy atom. The van der Waals surface area contributed by atoms with E-state index in [0.717, 1.165) is 18.0 Å². The number of hydrogen-bond acceptors (Lipinski definition) is 4. The summed E-state index contributed by atoms with van der Waals surface area (Å²) in [5.74, 6) is 0.287. The fraction of sp³-hybridized carbons (Fsp3) is 0.400. The van der Waals surface area contributed by atoms with Crippen molar-refractivity contribution < 1.29 is 4.39 Å². The lowest BCUT2D eigenvalue weighted by Crippen LogP contribution is -2.36. The van der Waals surface area contributed by atoms with Crippen molar-refractivity contribution in [2.45, 2.75) is 33.4 Å². The Morgan fingerprint density at radius 3 is 2.86 bits per heavy atom. The largest absolute Gasteiger partial charge is 0.357 e. The van der Waals surface area contributed by atoms with E-state index in [9.17, 15) is 4.39 Å². The molecule has 22 heavy (non-hydrogen) atoms. The highest BCUT2D eigenvalue weighted by Gasteiger charge is 2.04. The monoisotopic (exact) mass is 321 g/mol. The molecular weight excluding hydrogens is 301 g/mol. The molecule has 0 aliphatic carbocycles. The van der Waals surface area contributed by atoms with Crippen molar-refractivity contribution in [3.63, 3.8) is 0 Å². The van der Waals surface area contributed by atoms with E-state index in [0.29, 0.717) is 18.2 Å². The van der Waals surface area contributed by atoms with Crippen molar-refractivity contribution in [2.75, 3.05) is 6.54 Å². The minimum atomic E-state index is -0.338. The van der Waals surface area contributed by atoms with E-state index in [1.165, 1.54) is 10.9 Å². The van der Waals surface area contributed by atoms with Crippen LogP contribution in [-0.2, 0) is 19.5 Å². The molecule has 2 heterocycles. The van der Waals surface area contributed by atoms with E-state index in [1.807, 2.05) is 13.1 Å². The van der Waals surface area contributed by atoms with Gasteiger partial charge in [0.2, 0.25) is 0 Å². The van der Waals surface area contributed by atoms with Crippen molar-refractivity contribution >= 4 is 17.3 Å². The molecule has 0 saturated heterocycles. The molecule has 118 valence electrons. The molecule has 0 atom stereocenters. The molecule has 2 rings (SSSR count). The van der Waals surface area contributed by atoms with Gasteiger partial charge in [-0.3, -0.25) is 4.98 Å². The van der Waals surface area contributed by atoms with Gasteiger partial charge in [0.1, 0.15) is 10.8 Å². The number of halogens is 1. The predicted molar refractivity (Wildman–Crippen MR) is 87.3 cm³/mol. The van der Waals surface area contributed by atoms with E-state index in [1.54, 1.807) is 23.6 Å². The van der Waals surface area contributed by atoms with Crippen LogP contribution in [0.3, 0.4) is 0 Å². The summed E-state index contributed by atoms with van der Waals surface area (Å²) in [7, 11) is 0. The van der Waals surface area contributed by atoms with Gasteiger partial charge in [-0.25, -0.2) is 14.4 Å². The van der Waals surface area contributed by atoms with Gasteiger partial charge in [0.25, 0.3) is 0 Å². The van der Waals surface area contributed by atoms with Crippen LogP contribution in [0.15, 0.2) is 29.5 Å². The van der Waals surface area contributed by atoms with Gasteiger partial charge in [0, 0.05) is 23.8 Å². The summed E-state index contributed by atoms with van der Waals surface area (Å²) in [6.45, 7) is 5.62. The summed E-state index contributed by atoms with van der Waals surface area (Å²) < 4.78 is 13.5. The van der Waals surface area contributed by atoms with Crippen molar-refractivity contribution in [1.82, 2.24) is 20.6 Å². The van der Waals surface area contributed by atoms with E-state index in [2.05, 4.69) is 32.5 Å². The Morgan fingerprint density at radius 1 is 1.32 bits per heavy atom. The first-order chi connectivity index (χ1) is 10.7. The van der Waals surface area contributed by atoms with Crippen molar-refractivity contribution in [3.8, 4) is 0 Å². The molecule has 0 saturated carbocycles. The highest BCUT2D eigenvalue weighted by molar-refractivity contribution is 7.11. The van der Waals surface area contributed by atoms with Gasteiger partial charge >= 0.3 is 0 Å². The van der Waals surface area contributed by atoms with Gasteiger partial charge < -0.3 is 10.6 Å². The summed E-state index contributed by atoms with van der Waals surface area (Å²) in [5, 5.41) is 7.34. The molecule has 0 aliphatic rings. The highest BCUT2D eigenvalue weighted by Crippen LogP contribution is 2.12. The second-order valence-corrected chi connectivity index (χ2v) is 5.75. The van der Waals surface area contributed by atoms with Gasteiger partial charge in [-0.05, 0) is 25.5 Å². The predicted octanol–water partition coefficient (Wildman–Crippen LogP) is 2.49. The van der Waals surface area contributed by atoms with Crippen LogP contribution in [0.1, 0.15) is 29.4 Å². The van der Waals surface area contributed by atoms with E-state index in [-0.39, 0.29) is 12.4 Å². The number of aromatic nitrogens is 2. The maximum atomic E-state index is 13.5. The molecule has 0 aliphatic heterocycles. The first-order valence-corrected chi connectivity index (χ1v) is 8.09. The molecule has 0 spiro atoms. The van der Waals surface area contributed by atoms with Crippen molar-refractivity contribution in [2.24, 2.45) is 4.99 Å². The fourth-order valence-corrected chi connectivity index (χ4v) is 2.59. The summed E-state index contributed by atoms with van der Waals surface area (Å²) in [6.07, 6.45) is 4.45. The van der Waals surface area contributed by atoms with Gasteiger partial charge in [0.15, 0.2) is 5.96 Å². The molecule has 0 amide bonds. The topological polar surface area (TPSA) is 62.2 Å². The summed E-state index contributed by atoms with van der Waals surface area (Å²) in [5.41, 5.74) is 0.335. The third-order valence-electron chi connectivity index (χ3n) is 2.92. The molecule has 2 N–H and O–H groups in total. The number of pyridine rings is 1.